The van der Waals surface area contributed by atoms with Gasteiger partial charge in [-0.3, -0.25) is 0 Å². The zero-order valence-corrected chi connectivity index (χ0v) is 10.4. The Kier molecular flexibility index (Phi) is 22.3. The number of hydrogen-bond donors (Lipinski definition) is 2. The van der Waals surface area contributed by atoms with Crippen LogP contribution in [0.3, 0.4) is 0 Å². The first kappa shape index (κ1) is 15.9. The zero-order chi connectivity index (χ0) is 10.4. The molecule has 0 heterocycles. The number of rotatable bonds is 7. The molecule has 0 aromatic rings. The summed E-state index contributed by atoms with van der Waals surface area (Å²) in [6.07, 6.45) is 9.74. The van der Waals surface area contributed by atoms with Crippen LogP contribution in [0.25, 0.3) is 0 Å². The Bertz CT molecular complexity index is 83.7. The smallest absolute Gasteiger partial charge is 0.179 e. The lowest BCUT2D eigenvalue weighted by Crippen LogP contribution is -1.79. The van der Waals surface area contributed by atoms with Crippen LogP contribution in [0.15, 0.2) is 0 Å². The minimum atomic E-state index is -1.17. The van der Waals surface area contributed by atoms with Crippen molar-refractivity contribution in [3.8, 4) is 0 Å². The number of hydrogen-bond acceptors (Lipinski definition) is 2. The largest absolute Gasteiger partial charge is 0.491 e. The number of thiol groups is 1. The second-order valence-electron chi connectivity index (χ2n) is 2.94. The van der Waals surface area contributed by atoms with Crippen molar-refractivity contribution in [3.63, 3.8) is 0 Å². The molecule has 1 N–H and O–H groups in total. The molecule has 0 aliphatic rings. The molecule has 0 fully saturated rings. The summed E-state index contributed by atoms with van der Waals surface area (Å²) >= 11 is 4.16. The molecule has 13 heavy (non-hydrogen) atoms. The summed E-state index contributed by atoms with van der Waals surface area (Å²) in [6.45, 7) is 2.26. The lowest BCUT2D eigenvalue weighted by molar-refractivity contribution is 0.524. The molecule has 1 atom stereocenters. The van der Waals surface area contributed by atoms with Gasteiger partial charge in [-0.15, -0.1) is 0 Å². The summed E-state index contributed by atoms with van der Waals surface area (Å²) in [4.78, 5) is 7.04. The predicted octanol–water partition coefficient (Wildman–Crippen LogP) is 3.58. The molecule has 2 nitrogen and oxygen atoms in total. The molecule has 0 aromatic heterocycles. The van der Waals surface area contributed by atoms with Gasteiger partial charge in [0.05, 0.1) is 0 Å². The number of unbranched alkanes of at least 4 members (excludes halogenated alkanes) is 6. The molecule has 1 unspecified atom stereocenters. The predicted molar refractivity (Wildman–Crippen MR) is 63.1 cm³/mol. The van der Waals surface area contributed by atoms with Gasteiger partial charge in [-0.25, -0.2) is 0 Å². The van der Waals surface area contributed by atoms with Crippen molar-refractivity contribution >= 4 is 21.3 Å². The fraction of sp³-hybridized carbons (Fsp3) is 1.00. The Balaban J connectivity index is 0. The second-order valence-corrected chi connectivity index (χ2v) is 3.57. The van der Waals surface area contributed by atoms with Gasteiger partial charge < -0.3 is 0 Å². The summed E-state index contributed by atoms with van der Waals surface area (Å²) in [6, 6.07) is 0. The maximum absolute atomic E-state index is 8.51. The van der Waals surface area contributed by atoms with E-state index in [2.05, 4.69) is 19.6 Å². The van der Waals surface area contributed by atoms with Gasteiger partial charge in [-0.2, -0.15) is 17.5 Å². The van der Waals surface area contributed by atoms with Crippen molar-refractivity contribution in [3.05, 3.63) is 0 Å². The molecule has 0 spiro atoms. The Morgan fingerprint density at radius 3 is 1.85 bits per heavy atom. The Morgan fingerprint density at radius 2 is 1.46 bits per heavy atom. The van der Waals surface area contributed by atoms with Crippen molar-refractivity contribution in [1.82, 2.24) is 0 Å². The van der Waals surface area contributed by atoms with Crippen LogP contribution >= 0.6 is 21.3 Å². The zero-order valence-electron chi connectivity index (χ0n) is 8.46. The van der Waals surface area contributed by atoms with Gasteiger partial charge in [0.15, 0.2) is 0 Å². The van der Waals surface area contributed by atoms with E-state index in [1.807, 2.05) is 0 Å². The fourth-order valence-electron chi connectivity index (χ4n) is 1.07. The van der Waals surface area contributed by atoms with Crippen LogP contribution in [0.4, 0.5) is 0 Å². The summed E-state index contributed by atoms with van der Waals surface area (Å²) < 4.78 is 8.51. The monoisotopic (exact) mass is 225 g/mol. The molecule has 0 amide bonds. The SMILES string of the molecule is CCCCCCCCCS.O=[PH+]O. The first-order valence-corrected chi connectivity index (χ1v) is 6.44. The lowest BCUT2D eigenvalue weighted by Gasteiger charge is -1.97. The molecule has 0 aliphatic heterocycles. The van der Waals surface area contributed by atoms with E-state index < -0.39 is 8.69 Å². The van der Waals surface area contributed by atoms with E-state index in [4.69, 9.17) is 9.46 Å². The summed E-state index contributed by atoms with van der Waals surface area (Å²) in [5, 5.41) is 0. The van der Waals surface area contributed by atoms with Crippen LogP contribution in [0.5, 0.6) is 0 Å². The highest BCUT2D eigenvalue weighted by Gasteiger charge is 1.87. The van der Waals surface area contributed by atoms with Gasteiger partial charge in [0.2, 0.25) is 0 Å². The van der Waals surface area contributed by atoms with Crippen LogP contribution in [0.2, 0.25) is 0 Å². The van der Waals surface area contributed by atoms with Gasteiger partial charge in [0.25, 0.3) is 0 Å². The van der Waals surface area contributed by atoms with Crippen molar-refractivity contribution < 1.29 is 9.46 Å². The highest BCUT2D eigenvalue weighted by molar-refractivity contribution is 7.80. The molecule has 4 heteroatoms. The minimum Gasteiger partial charge on any atom is -0.179 e. The molecule has 80 valence electrons. The average Bonchev–Trinajstić information content (AvgIpc) is 2.13. The van der Waals surface area contributed by atoms with E-state index in [-0.39, 0.29) is 0 Å². The average molecular weight is 225 g/mol. The lowest BCUT2D eigenvalue weighted by atomic mass is 10.1. The van der Waals surface area contributed by atoms with Crippen LogP contribution in [-0.2, 0) is 4.57 Å². The Labute approximate surface area is 88.8 Å². The van der Waals surface area contributed by atoms with E-state index in [0.29, 0.717) is 0 Å². The molecule has 0 radical (unpaired) electrons. The Hall–Kier alpha value is 0.410. The van der Waals surface area contributed by atoms with E-state index >= 15 is 0 Å². The highest BCUT2D eigenvalue weighted by Crippen LogP contribution is 2.06. The third kappa shape index (κ3) is 24.5. The van der Waals surface area contributed by atoms with Crippen molar-refractivity contribution in [2.45, 2.75) is 51.9 Å². The van der Waals surface area contributed by atoms with Crippen LogP contribution < -0.4 is 0 Å². The van der Waals surface area contributed by atoms with Gasteiger partial charge in [-0.1, -0.05) is 45.4 Å². The van der Waals surface area contributed by atoms with Crippen molar-refractivity contribution in [2.24, 2.45) is 0 Å². The molecule has 0 aliphatic carbocycles. The highest BCUT2D eigenvalue weighted by atomic mass is 32.1. The van der Waals surface area contributed by atoms with Gasteiger partial charge in [0.1, 0.15) is 0 Å². The summed E-state index contributed by atoms with van der Waals surface area (Å²) in [7, 11) is -1.17. The molecule has 0 rings (SSSR count). The minimum absolute atomic E-state index is 1.06. The van der Waals surface area contributed by atoms with Crippen LogP contribution in [0, 0.1) is 0 Å². The molecular weight excluding hydrogens is 203 g/mol. The molecular formula is C9H22O2PS+. The first-order valence-electron chi connectivity index (χ1n) is 4.95. The van der Waals surface area contributed by atoms with Crippen LogP contribution in [-0.4, -0.2) is 10.6 Å². The first-order chi connectivity index (χ1) is 6.33. The van der Waals surface area contributed by atoms with E-state index in [1.165, 1.54) is 44.9 Å². The van der Waals surface area contributed by atoms with Crippen molar-refractivity contribution in [2.75, 3.05) is 5.75 Å². The van der Waals surface area contributed by atoms with E-state index in [9.17, 15) is 0 Å². The Morgan fingerprint density at radius 1 is 1.08 bits per heavy atom. The summed E-state index contributed by atoms with van der Waals surface area (Å²) in [5.41, 5.74) is 0. The van der Waals surface area contributed by atoms with E-state index in [0.717, 1.165) is 5.75 Å². The van der Waals surface area contributed by atoms with Gasteiger partial charge in [0, 0.05) is 0 Å². The van der Waals surface area contributed by atoms with Crippen LogP contribution in [0.1, 0.15) is 51.9 Å². The second kappa shape index (κ2) is 18.2. The normalized spacial score (nSPS) is 9.46. The third-order valence-electron chi connectivity index (χ3n) is 1.76. The third-order valence-corrected chi connectivity index (χ3v) is 2.08. The van der Waals surface area contributed by atoms with Crippen molar-refractivity contribution in [1.29, 1.82) is 0 Å². The van der Waals surface area contributed by atoms with Gasteiger partial charge >= 0.3 is 8.69 Å². The standard InChI is InChI=1S/C9H20S.HO2P/c1-2-3-4-5-6-7-8-9-10;1-3-2/h10H,2-9H2,1H3;3H/p+1. The topological polar surface area (TPSA) is 37.3 Å². The van der Waals surface area contributed by atoms with Gasteiger partial charge in [-0.05, 0) is 16.7 Å². The van der Waals surface area contributed by atoms with E-state index in [1.54, 1.807) is 0 Å². The fourth-order valence-corrected chi connectivity index (χ4v) is 1.29. The summed E-state index contributed by atoms with van der Waals surface area (Å²) in [5.74, 6) is 1.06. The molecule has 0 aromatic carbocycles. The maximum atomic E-state index is 8.51. The molecule has 0 bridgehead atoms. The molecule has 0 saturated heterocycles. The maximum Gasteiger partial charge on any atom is 0.491 e. The quantitative estimate of drug-likeness (QED) is 0.395. The molecule has 0 saturated carbocycles.